The number of benzene rings is 1. The molecular formula is C16H17ClN4O. The molecule has 0 atom stereocenters. The van der Waals surface area contributed by atoms with Crippen LogP contribution in [0.15, 0.2) is 36.5 Å². The fourth-order valence-corrected chi connectivity index (χ4v) is 2.74. The lowest BCUT2D eigenvalue weighted by Crippen LogP contribution is -2.33. The molecule has 1 aromatic heterocycles. The molecule has 1 aliphatic carbocycles. The monoisotopic (exact) mass is 316 g/mol. The zero-order chi connectivity index (χ0) is 15.4. The molecule has 1 aromatic carbocycles. The van der Waals surface area contributed by atoms with E-state index in [4.69, 9.17) is 11.6 Å². The molecule has 114 valence electrons. The van der Waals surface area contributed by atoms with Crippen LogP contribution in [0.3, 0.4) is 0 Å². The first-order chi connectivity index (χ1) is 10.7. The van der Waals surface area contributed by atoms with Crippen molar-refractivity contribution in [3.8, 4) is 0 Å². The summed E-state index contributed by atoms with van der Waals surface area (Å²) in [5.41, 5.74) is 1.06. The maximum Gasteiger partial charge on any atom is 0.270 e. The Kier molecular flexibility index (Phi) is 4.53. The minimum Gasteiger partial charge on any atom is -0.348 e. The largest absolute Gasteiger partial charge is 0.348 e. The third-order valence-electron chi connectivity index (χ3n) is 3.70. The summed E-state index contributed by atoms with van der Waals surface area (Å²) in [5, 5.41) is 6.62. The highest BCUT2D eigenvalue weighted by molar-refractivity contribution is 6.33. The Bertz CT molecular complexity index is 671. The van der Waals surface area contributed by atoms with E-state index in [-0.39, 0.29) is 11.9 Å². The van der Waals surface area contributed by atoms with Crippen LogP contribution in [0.4, 0.5) is 11.6 Å². The van der Waals surface area contributed by atoms with E-state index in [0.29, 0.717) is 22.4 Å². The number of aromatic nitrogens is 2. The van der Waals surface area contributed by atoms with Crippen LogP contribution in [0.1, 0.15) is 36.2 Å². The minimum atomic E-state index is -0.156. The van der Waals surface area contributed by atoms with E-state index in [0.717, 1.165) is 12.8 Å². The molecule has 1 aliphatic rings. The van der Waals surface area contributed by atoms with Gasteiger partial charge in [0.25, 0.3) is 5.91 Å². The molecule has 1 heterocycles. The van der Waals surface area contributed by atoms with Gasteiger partial charge >= 0.3 is 0 Å². The maximum absolute atomic E-state index is 12.2. The lowest BCUT2D eigenvalue weighted by molar-refractivity contribution is 0.0933. The number of nitrogens with one attached hydrogen (secondary N) is 2. The Morgan fingerprint density at radius 2 is 1.95 bits per heavy atom. The quantitative estimate of drug-likeness (QED) is 0.905. The highest BCUT2D eigenvalue weighted by atomic mass is 35.5. The predicted molar refractivity (Wildman–Crippen MR) is 86.5 cm³/mol. The Balaban J connectivity index is 1.72. The number of halogens is 1. The number of nitrogens with zero attached hydrogens (tertiary/aromatic N) is 2. The van der Waals surface area contributed by atoms with E-state index >= 15 is 0 Å². The van der Waals surface area contributed by atoms with Crippen molar-refractivity contribution in [2.24, 2.45) is 0 Å². The SMILES string of the molecule is O=C(NC1CCCC1)c1ccnc(Nc2ccccc2Cl)n1. The van der Waals surface area contributed by atoms with Gasteiger partial charge in [-0.25, -0.2) is 9.97 Å². The van der Waals surface area contributed by atoms with Gasteiger partial charge in [-0.2, -0.15) is 0 Å². The summed E-state index contributed by atoms with van der Waals surface area (Å²) in [4.78, 5) is 20.6. The maximum atomic E-state index is 12.2. The van der Waals surface area contributed by atoms with Crippen LogP contribution in [-0.2, 0) is 0 Å². The van der Waals surface area contributed by atoms with Crippen molar-refractivity contribution in [2.75, 3.05) is 5.32 Å². The summed E-state index contributed by atoms with van der Waals surface area (Å²) in [6.45, 7) is 0. The first-order valence-electron chi connectivity index (χ1n) is 7.38. The van der Waals surface area contributed by atoms with Gasteiger partial charge in [-0.1, -0.05) is 36.6 Å². The Morgan fingerprint density at radius 1 is 1.18 bits per heavy atom. The Hall–Kier alpha value is -2.14. The normalized spacial score (nSPS) is 14.8. The summed E-state index contributed by atoms with van der Waals surface area (Å²) >= 11 is 6.09. The van der Waals surface area contributed by atoms with Gasteiger partial charge in [0, 0.05) is 12.2 Å². The standard InChI is InChI=1S/C16H17ClN4O/c17-12-7-3-4-8-13(12)20-16-18-10-9-14(21-16)15(22)19-11-5-1-2-6-11/h3-4,7-11H,1-2,5-6H2,(H,19,22)(H,18,20,21). The Labute approximate surface area is 134 Å². The molecule has 0 bridgehead atoms. The van der Waals surface area contributed by atoms with Crippen LogP contribution < -0.4 is 10.6 Å². The fourth-order valence-electron chi connectivity index (χ4n) is 2.56. The molecule has 0 unspecified atom stereocenters. The number of hydrogen-bond donors (Lipinski definition) is 2. The van der Waals surface area contributed by atoms with Crippen molar-refractivity contribution < 1.29 is 4.79 Å². The first-order valence-corrected chi connectivity index (χ1v) is 7.75. The predicted octanol–water partition coefficient (Wildman–Crippen LogP) is 3.55. The number of carbonyl (C=O) groups is 1. The summed E-state index contributed by atoms with van der Waals surface area (Å²) in [6, 6.07) is 9.20. The zero-order valence-electron chi connectivity index (χ0n) is 12.1. The van der Waals surface area contributed by atoms with Gasteiger partial charge < -0.3 is 10.6 Å². The van der Waals surface area contributed by atoms with E-state index in [1.807, 2.05) is 18.2 Å². The van der Waals surface area contributed by atoms with Gasteiger partial charge in [0.05, 0.1) is 10.7 Å². The molecule has 5 nitrogen and oxygen atoms in total. The van der Waals surface area contributed by atoms with E-state index in [1.54, 1.807) is 18.3 Å². The van der Waals surface area contributed by atoms with Crippen LogP contribution in [0.25, 0.3) is 0 Å². The molecule has 6 heteroatoms. The lowest BCUT2D eigenvalue weighted by Gasteiger charge is -2.12. The average molecular weight is 317 g/mol. The molecule has 2 aromatic rings. The van der Waals surface area contributed by atoms with Gasteiger partial charge in [0.1, 0.15) is 5.69 Å². The molecule has 2 N–H and O–H groups in total. The second kappa shape index (κ2) is 6.75. The van der Waals surface area contributed by atoms with Crippen molar-refractivity contribution in [3.05, 3.63) is 47.2 Å². The molecule has 1 fully saturated rings. The second-order valence-electron chi connectivity index (χ2n) is 5.33. The van der Waals surface area contributed by atoms with Gasteiger partial charge in [0.2, 0.25) is 5.95 Å². The molecule has 0 spiro atoms. The van der Waals surface area contributed by atoms with Gasteiger partial charge in [0.15, 0.2) is 0 Å². The zero-order valence-corrected chi connectivity index (χ0v) is 12.8. The third kappa shape index (κ3) is 3.54. The van der Waals surface area contributed by atoms with Gasteiger partial charge in [-0.15, -0.1) is 0 Å². The number of para-hydroxylation sites is 1. The van der Waals surface area contributed by atoms with Crippen molar-refractivity contribution in [3.63, 3.8) is 0 Å². The average Bonchev–Trinajstić information content (AvgIpc) is 3.03. The number of amides is 1. The lowest BCUT2D eigenvalue weighted by atomic mass is 10.2. The molecule has 0 aliphatic heterocycles. The summed E-state index contributed by atoms with van der Waals surface area (Å²) in [5.74, 6) is 0.198. The number of anilines is 2. The van der Waals surface area contributed by atoms with E-state index in [1.165, 1.54) is 12.8 Å². The topological polar surface area (TPSA) is 66.9 Å². The van der Waals surface area contributed by atoms with E-state index in [9.17, 15) is 4.79 Å². The van der Waals surface area contributed by atoms with Crippen molar-refractivity contribution in [1.82, 2.24) is 15.3 Å². The Morgan fingerprint density at radius 3 is 2.73 bits per heavy atom. The second-order valence-corrected chi connectivity index (χ2v) is 5.73. The summed E-state index contributed by atoms with van der Waals surface area (Å²) in [7, 11) is 0. The van der Waals surface area contributed by atoms with Crippen LogP contribution in [0.2, 0.25) is 5.02 Å². The molecule has 0 saturated heterocycles. The minimum absolute atomic E-state index is 0.156. The van der Waals surface area contributed by atoms with Crippen LogP contribution in [0, 0.1) is 0 Å². The van der Waals surface area contributed by atoms with Crippen molar-refractivity contribution >= 4 is 29.1 Å². The number of carbonyl (C=O) groups excluding carboxylic acids is 1. The van der Waals surface area contributed by atoms with Crippen molar-refractivity contribution in [2.45, 2.75) is 31.7 Å². The van der Waals surface area contributed by atoms with Gasteiger partial charge in [-0.3, -0.25) is 4.79 Å². The molecule has 22 heavy (non-hydrogen) atoms. The van der Waals surface area contributed by atoms with Crippen LogP contribution in [0.5, 0.6) is 0 Å². The third-order valence-corrected chi connectivity index (χ3v) is 4.03. The first kappa shape index (κ1) is 14.8. The van der Waals surface area contributed by atoms with Crippen LogP contribution in [-0.4, -0.2) is 21.9 Å². The molecule has 1 saturated carbocycles. The molecule has 3 rings (SSSR count). The van der Waals surface area contributed by atoms with E-state index in [2.05, 4.69) is 20.6 Å². The smallest absolute Gasteiger partial charge is 0.270 e. The highest BCUT2D eigenvalue weighted by Crippen LogP contribution is 2.23. The van der Waals surface area contributed by atoms with E-state index < -0.39 is 0 Å². The van der Waals surface area contributed by atoms with Crippen LogP contribution >= 0.6 is 11.6 Å². The molecular weight excluding hydrogens is 300 g/mol. The van der Waals surface area contributed by atoms with Gasteiger partial charge in [-0.05, 0) is 31.0 Å². The summed E-state index contributed by atoms with van der Waals surface area (Å²) in [6.07, 6.45) is 6.00. The highest BCUT2D eigenvalue weighted by Gasteiger charge is 2.19. The number of rotatable bonds is 4. The molecule has 1 amide bonds. The summed E-state index contributed by atoms with van der Waals surface area (Å²) < 4.78 is 0. The number of hydrogen-bond acceptors (Lipinski definition) is 4. The molecule has 0 radical (unpaired) electrons. The fraction of sp³-hybridized carbons (Fsp3) is 0.312. The van der Waals surface area contributed by atoms with Crippen molar-refractivity contribution in [1.29, 1.82) is 0 Å².